The number of carbonyl (C=O) groups is 2. The number of hydrogen-bond acceptors (Lipinski definition) is 7. The van der Waals surface area contributed by atoms with Gasteiger partial charge in [-0.15, -0.1) is 0 Å². The molecule has 3 aliphatic heterocycles. The molecule has 0 fully saturated rings. The number of para-hydroxylation sites is 1. The van der Waals surface area contributed by atoms with Crippen LogP contribution in [0.4, 0.5) is 5.69 Å². The summed E-state index contributed by atoms with van der Waals surface area (Å²) >= 11 is 0. The Bertz CT molecular complexity index is 1320. The van der Waals surface area contributed by atoms with Crippen molar-refractivity contribution in [3.05, 3.63) is 77.4 Å². The molecule has 8 nitrogen and oxygen atoms in total. The van der Waals surface area contributed by atoms with E-state index in [1.165, 1.54) is 4.90 Å². The number of fused-ring (bicyclic) bond motifs is 3. The molecule has 6 rings (SSSR count). The van der Waals surface area contributed by atoms with Crippen molar-refractivity contribution < 1.29 is 33.6 Å². The maximum absolute atomic E-state index is 13.5. The molecule has 172 valence electrons. The Kier molecular flexibility index (Phi) is 4.70. The maximum Gasteiger partial charge on any atom is 0.264 e. The van der Waals surface area contributed by atoms with Crippen molar-refractivity contribution in [3.8, 4) is 23.0 Å². The first-order chi connectivity index (χ1) is 16.5. The number of amides is 1. The first-order valence-electron chi connectivity index (χ1n) is 11.0. The smallest absolute Gasteiger partial charge is 0.264 e. The Labute approximate surface area is 195 Å². The minimum atomic E-state index is -1.97. The molecule has 8 heteroatoms. The van der Waals surface area contributed by atoms with E-state index in [-0.39, 0.29) is 25.5 Å². The number of ketones is 1. The third kappa shape index (κ3) is 3.26. The van der Waals surface area contributed by atoms with Crippen LogP contribution < -0.4 is 23.8 Å². The van der Waals surface area contributed by atoms with Gasteiger partial charge in [0.25, 0.3) is 5.91 Å². The van der Waals surface area contributed by atoms with Crippen molar-refractivity contribution >= 4 is 17.4 Å². The molecule has 1 N–H and O–H groups in total. The molecule has 3 aromatic rings. The lowest BCUT2D eigenvalue weighted by Crippen LogP contribution is -2.41. The number of Topliss-reactive ketones (excluding diaryl/α,β-unsaturated/α-hetero) is 1. The van der Waals surface area contributed by atoms with Gasteiger partial charge >= 0.3 is 0 Å². The Morgan fingerprint density at radius 3 is 2.47 bits per heavy atom. The van der Waals surface area contributed by atoms with E-state index in [0.717, 1.165) is 5.56 Å². The molecule has 1 amide bonds. The molecule has 0 aliphatic carbocycles. The molecule has 1 atom stereocenters. The van der Waals surface area contributed by atoms with Crippen molar-refractivity contribution in [1.82, 2.24) is 0 Å². The summed E-state index contributed by atoms with van der Waals surface area (Å²) in [6, 6.07) is 17.3. The number of anilines is 1. The summed E-state index contributed by atoms with van der Waals surface area (Å²) in [5.41, 5.74) is 0.165. The van der Waals surface area contributed by atoms with Gasteiger partial charge < -0.3 is 29.0 Å². The quantitative estimate of drug-likeness (QED) is 0.586. The standard InChI is InChI=1S/C26H21NO7/c28-20(17-6-8-21-24(12-17)32-10-9-31-21)13-26(30)18-3-1-2-4-19(18)27(25(26)29)14-16-5-7-22-23(11-16)34-15-33-22/h1-8,11-12,30H,9-10,13-15H2. The van der Waals surface area contributed by atoms with Crippen LogP contribution in [0.5, 0.6) is 23.0 Å². The van der Waals surface area contributed by atoms with Crippen LogP contribution in [-0.4, -0.2) is 36.8 Å². The number of benzene rings is 3. The van der Waals surface area contributed by atoms with Crippen LogP contribution in [0.3, 0.4) is 0 Å². The molecular weight excluding hydrogens is 438 g/mol. The maximum atomic E-state index is 13.5. The SMILES string of the molecule is O=C(CC1(O)C(=O)N(Cc2ccc3c(c2)OCO3)c2ccccc21)c1ccc2c(c1)OCCO2. The van der Waals surface area contributed by atoms with Crippen LogP contribution in [0.1, 0.15) is 27.9 Å². The predicted molar refractivity (Wildman–Crippen MR) is 120 cm³/mol. The summed E-state index contributed by atoms with van der Waals surface area (Å²) in [7, 11) is 0. The first kappa shape index (κ1) is 20.6. The molecule has 1 unspecified atom stereocenters. The summed E-state index contributed by atoms with van der Waals surface area (Å²) in [4.78, 5) is 28.2. The average molecular weight is 459 g/mol. The van der Waals surface area contributed by atoms with Crippen molar-refractivity contribution in [2.75, 3.05) is 24.9 Å². The fraction of sp³-hybridized carbons (Fsp3) is 0.231. The zero-order valence-electron chi connectivity index (χ0n) is 18.2. The summed E-state index contributed by atoms with van der Waals surface area (Å²) in [6.45, 7) is 1.22. The van der Waals surface area contributed by atoms with Crippen molar-refractivity contribution in [2.24, 2.45) is 0 Å². The number of nitrogens with zero attached hydrogens (tertiary/aromatic N) is 1. The molecular formula is C26H21NO7. The number of ether oxygens (including phenoxy) is 4. The molecule has 0 saturated carbocycles. The molecule has 0 aromatic heterocycles. The van der Waals surface area contributed by atoms with Gasteiger partial charge in [-0.25, -0.2) is 0 Å². The van der Waals surface area contributed by atoms with Crippen LogP contribution in [-0.2, 0) is 16.9 Å². The number of carbonyl (C=O) groups excluding carboxylic acids is 2. The van der Waals surface area contributed by atoms with E-state index >= 15 is 0 Å². The lowest BCUT2D eigenvalue weighted by atomic mass is 9.88. The number of aliphatic hydroxyl groups is 1. The third-order valence-corrected chi connectivity index (χ3v) is 6.30. The number of hydrogen-bond donors (Lipinski definition) is 1. The predicted octanol–water partition coefficient (Wildman–Crippen LogP) is 3.19. The monoisotopic (exact) mass is 459 g/mol. The summed E-state index contributed by atoms with van der Waals surface area (Å²) in [5.74, 6) is 1.40. The van der Waals surface area contributed by atoms with Gasteiger partial charge in [0.1, 0.15) is 13.2 Å². The van der Waals surface area contributed by atoms with E-state index in [1.54, 1.807) is 48.5 Å². The second-order valence-electron chi connectivity index (χ2n) is 8.41. The fourth-order valence-electron chi connectivity index (χ4n) is 4.61. The lowest BCUT2D eigenvalue weighted by molar-refractivity contribution is -0.136. The highest BCUT2D eigenvalue weighted by Crippen LogP contribution is 2.44. The molecule has 3 aromatic carbocycles. The van der Waals surface area contributed by atoms with Gasteiger partial charge in [0.2, 0.25) is 6.79 Å². The first-order valence-corrected chi connectivity index (χ1v) is 11.0. The lowest BCUT2D eigenvalue weighted by Gasteiger charge is -2.23. The van der Waals surface area contributed by atoms with Gasteiger partial charge in [-0.3, -0.25) is 9.59 Å². The molecule has 0 bridgehead atoms. The van der Waals surface area contributed by atoms with E-state index in [4.69, 9.17) is 18.9 Å². The highest BCUT2D eigenvalue weighted by molar-refractivity contribution is 6.10. The molecule has 34 heavy (non-hydrogen) atoms. The summed E-state index contributed by atoms with van der Waals surface area (Å²) in [6.07, 6.45) is -0.389. The Morgan fingerprint density at radius 2 is 1.59 bits per heavy atom. The highest BCUT2D eigenvalue weighted by Gasteiger charge is 2.50. The molecule has 0 saturated heterocycles. The highest BCUT2D eigenvalue weighted by atomic mass is 16.7. The Balaban J connectivity index is 1.29. The van der Waals surface area contributed by atoms with Gasteiger partial charge in [0.15, 0.2) is 34.4 Å². The van der Waals surface area contributed by atoms with Gasteiger partial charge in [-0.2, -0.15) is 0 Å². The summed E-state index contributed by atoms with van der Waals surface area (Å²) < 4.78 is 21.9. The second-order valence-corrected chi connectivity index (χ2v) is 8.41. The Hall–Kier alpha value is -4.04. The molecule has 3 aliphatic rings. The van der Waals surface area contributed by atoms with E-state index < -0.39 is 11.5 Å². The van der Waals surface area contributed by atoms with E-state index in [9.17, 15) is 14.7 Å². The van der Waals surface area contributed by atoms with Crippen molar-refractivity contribution in [3.63, 3.8) is 0 Å². The topological polar surface area (TPSA) is 94.5 Å². The largest absolute Gasteiger partial charge is 0.486 e. The van der Waals surface area contributed by atoms with Crippen LogP contribution in [0, 0.1) is 0 Å². The van der Waals surface area contributed by atoms with E-state index in [0.29, 0.717) is 53.0 Å². The molecule has 0 radical (unpaired) electrons. The second kappa shape index (κ2) is 7.78. The van der Waals surface area contributed by atoms with Crippen LogP contribution >= 0.6 is 0 Å². The van der Waals surface area contributed by atoms with Gasteiger partial charge in [-0.1, -0.05) is 24.3 Å². The summed E-state index contributed by atoms with van der Waals surface area (Å²) in [5, 5.41) is 11.6. The molecule has 3 heterocycles. The van der Waals surface area contributed by atoms with Gasteiger partial charge in [0.05, 0.1) is 18.7 Å². The average Bonchev–Trinajstić information content (AvgIpc) is 3.41. The van der Waals surface area contributed by atoms with E-state index in [2.05, 4.69) is 0 Å². The van der Waals surface area contributed by atoms with Crippen LogP contribution in [0.25, 0.3) is 0 Å². The van der Waals surface area contributed by atoms with Crippen molar-refractivity contribution in [2.45, 2.75) is 18.6 Å². The van der Waals surface area contributed by atoms with Crippen LogP contribution in [0.15, 0.2) is 60.7 Å². The third-order valence-electron chi connectivity index (χ3n) is 6.30. The normalized spacial score (nSPS) is 19.8. The fourth-order valence-corrected chi connectivity index (χ4v) is 4.61. The van der Waals surface area contributed by atoms with Crippen molar-refractivity contribution in [1.29, 1.82) is 0 Å². The minimum Gasteiger partial charge on any atom is -0.486 e. The number of rotatable bonds is 5. The zero-order chi connectivity index (χ0) is 23.3. The van der Waals surface area contributed by atoms with Crippen LogP contribution in [0.2, 0.25) is 0 Å². The van der Waals surface area contributed by atoms with Gasteiger partial charge in [0, 0.05) is 11.1 Å². The van der Waals surface area contributed by atoms with Gasteiger partial charge in [-0.05, 0) is 42.0 Å². The van der Waals surface area contributed by atoms with E-state index in [1.807, 2.05) is 12.1 Å². The molecule has 0 spiro atoms. The zero-order valence-corrected chi connectivity index (χ0v) is 18.2. The Morgan fingerprint density at radius 1 is 0.882 bits per heavy atom. The minimum absolute atomic E-state index is 0.159.